The first-order valence-corrected chi connectivity index (χ1v) is 26.9. The molecule has 2 spiro atoms. The molecule has 0 bridgehead atoms. The van der Waals surface area contributed by atoms with Crippen LogP contribution in [0.25, 0.3) is 38.1 Å². The molecule has 3 aliphatic heterocycles. The summed E-state index contributed by atoms with van der Waals surface area (Å²) in [6.07, 6.45) is 0. The van der Waals surface area contributed by atoms with Crippen LogP contribution in [0.15, 0.2) is 237 Å². The predicted octanol–water partition coefficient (Wildman–Crippen LogP) is 12.5. The molecule has 65 heavy (non-hydrogen) atoms. The number of hydrogen-bond donors (Lipinski definition) is 0. The standard InChI is InChI=1S/C61H39GeN3/c1-2-19-40(20-3-1)63-58-35-16-11-30-52(58)62(53-31-12-17-36-59(53)63)50-28-9-5-24-46(50)61(47-25-6-10-29-51(47)62)48-26-7-14-33-56(48)64(57-34-15-8-27-49(57)61)41-37-38-55-45(39-41)44-23-18-22-43-42-21-4-13-32-54(42)65(55)60(43)44/h1-39H. The van der Waals surface area contributed by atoms with E-state index < -0.39 is 18.7 Å². The van der Waals surface area contributed by atoms with Crippen LogP contribution in [0.4, 0.5) is 34.1 Å². The Labute approximate surface area is 379 Å². The molecule has 5 heterocycles. The molecule has 0 saturated heterocycles. The van der Waals surface area contributed by atoms with Crippen molar-refractivity contribution in [3.63, 3.8) is 0 Å². The zero-order chi connectivity index (χ0) is 42.4. The summed E-state index contributed by atoms with van der Waals surface area (Å²) in [5, 5.41) is 5.17. The van der Waals surface area contributed by atoms with Gasteiger partial charge in [-0.2, -0.15) is 0 Å². The molecule has 0 amide bonds. The Morgan fingerprint density at radius 2 is 0.738 bits per heavy atom. The van der Waals surface area contributed by atoms with Crippen LogP contribution in [0.1, 0.15) is 22.3 Å². The summed E-state index contributed by atoms with van der Waals surface area (Å²) >= 11 is -3.83. The minimum atomic E-state index is -3.83. The number of para-hydroxylation sites is 7. The summed E-state index contributed by atoms with van der Waals surface area (Å²) in [4.78, 5) is 5.05. The molecule has 0 aliphatic carbocycles. The van der Waals surface area contributed by atoms with Crippen molar-refractivity contribution in [3.8, 4) is 0 Å². The monoisotopic (exact) mass is 887 g/mol. The Hall–Kier alpha value is -7.86. The second-order valence-corrected chi connectivity index (χ2v) is 25.6. The van der Waals surface area contributed by atoms with E-state index in [2.05, 4.69) is 251 Å². The van der Waals surface area contributed by atoms with Crippen molar-refractivity contribution >= 4 is 103 Å². The average molecular weight is 887 g/mol. The average Bonchev–Trinajstić information content (AvgIpc) is 3.90. The van der Waals surface area contributed by atoms with Crippen molar-refractivity contribution in [1.82, 2.24) is 4.40 Å². The van der Waals surface area contributed by atoms with Crippen LogP contribution in [0, 0.1) is 0 Å². The Morgan fingerprint density at radius 1 is 0.292 bits per heavy atom. The third kappa shape index (κ3) is 4.28. The second-order valence-electron chi connectivity index (χ2n) is 17.9. The second kappa shape index (κ2) is 12.9. The molecule has 4 heteroatoms. The minimum absolute atomic E-state index is 0.590. The van der Waals surface area contributed by atoms with E-state index in [1.807, 2.05) is 0 Å². The number of rotatable bonds is 2. The number of aromatic nitrogens is 1. The molecule has 3 nitrogen and oxygen atoms in total. The van der Waals surface area contributed by atoms with E-state index in [-0.39, 0.29) is 0 Å². The summed E-state index contributed by atoms with van der Waals surface area (Å²) in [7, 11) is 0. The fourth-order valence-corrected chi connectivity index (χ4v) is 24.7. The number of hydrogen-bond acceptors (Lipinski definition) is 2. The molecule has 0 saturated carbocycles. The summed E-state index contributed by atoms with van der Waals surface area (Å²) in [6.45, 7) is 0. The molecule has 3 aliphatic rings. The van der Waals surface area contributed by atoms with Gasteiger partial charge in [0, 0.05) is 5.39 Å². The van der Waals surface area contributed by atoms with Gasteiger partial charge < -0.3 is 0 Å². The van der Waals surface area contributed by atoms with E-state index in [0.717, 1.165) is 5.69 Å². The van der Waals surface area contributed by atoms with Crippen LogP contribution >= 0.6 is 0 Å². The zero-order valence-corrected chi connectivity index (χ0v) is 37.5. The molecule has 0 radical (unpaired) electrons. The van der Waals surface area contributed by atoms with Gasteiger partial charge in [-0.3, -0.25) is 0 Å². The van der Waals surface area contributed by atoms with Crippen LogP contribution in [0.5, 0.6) is 0 Å². The van der Waals surface area contributed by atoms with Crippen LogP contribution in [0.2, 0.25) is 0 Å². The molecular formula is C61H39GeN3. The molecule has 302 valence electrons. The number of nitrogens with zero attached hydrogens (tertiary/aromatic N) is 3. The van der Waals surface area contributed by atoms with Crippen molar-refractivity contribution in [3.05, 3.63) is 259 Å². The number of benzene rings is 10. The Morgan fingerprint density at radius 3 is 1.37 bits per heavy atom. The predicted molar refractivity (Wildman–Crippen MR) is 273 cm³/mol. The van der Waals surface area contributed by atoms with Crippen molar-refractivity contribution in [2.45, 2.75) is 5.41 Å². The first-order valence-electron chi connectivity index (χ1n) is 22.7. The van der Waals surface area contributed by atoms with Gasteiger partial charge >= 0.3 is 346 Å². The maximum absolute atomic E-state index is 3.83. The van der Waals surface area contributed by atoms with Crippen LogP contribution < -0.4 is 27.4 Å². The van der Waals surface area contributed by atoms with Crippen LogP contribution in [-0.4, -0.2) is 17.7 Å². The van der Waals surface area contributed by atoms with Gasteiger partial charge in [-0.25, -0.2) is 0 Å². The molecule has 0 atom stereocenters. The summed E-state index contributed by atoms with van der Waals surface area (Å²) in [5.41, 5.74) is 15.9. The third-order valence-corrected chi connectivity index (χ3v) is 25.5. The first-order chi connectivity index (χ1) is 32.3. The summed E-state index contributed by atoms with van der Waals surface area (Å²) < 4.78 is 8.41. The van der Waals surface area contributed by atoms with Crippen LogP contribution in [0.3, 0.4) is 0 Å². The Kier molecular flexibility index (Phi) is 7.05. The van der Waals surface area contributed by atoms with E-state index >= 15 is 0 Å². The Bertz CT molecular complexity index is 3790. The topological polar surface area (TPSA) is 10.9 Å². The van der Waals surface area contributed by atoms with Crippen LogP contribution in [-0.2, 0) is 5.41 Å². The fourth-order valence-electron chi connectivity index (χ4n) is 12.9. The van der Waals surface area contributed by atoms with Gasteiger partial charge in [0.05, 0.1) is 0 Å². The first kappa shape index (κ1) is 35.6. The van der Waals surface area contributed by atoms with E-state index in [4.69, 9.17) is 0 Å². The SMILES string of the molecule is c1ccc(N2c3cccc[c]3[Ge]3([c]4ccccc42)[c]2ccccc2C2(c4ccccc4N(c4ccc5c(c4)c4cccc6c7ccccc7n5c64)c4ccccc42)c2cccc[c]23)cc1. The van der Waals surface area contributed by atoms with Gasteiger partial charge in [0.2, 0.25) is 0 Å². The molecule has 0 unspecified atom stereocenters. The van der Waals surface area contributed by atoms with Crippen molar-refractivity contribution < 1.29 is 0 Å². The molecule has 0 N–H and O–H groups in total. The fraction of sp³-hybridized carbons (Fsp3) is 0.0164. The van der Waals surface area contributed by atoms with E-state index in [1.165, 1.54) is 106 Å². The maximum atomic E-state index is 2.54. The molecule has 2 aromatic heterocycles. The quantitative estimate of drug-likeness (QED) is 0.160. The van der Waals surface area contributed by atoms with Crippen molar-refractivity contribution in [1.29, 1.82) is 0 Å². The normalized spacial score (nSPS) is 15.0. The molecular weight excluding hydrogens is 847 g/mol. The van der Waals surface area contributed by atoms with E-state index in [1.54, 1.807) is 0 Å². The van der Waals surface area contributed by atoms with Crippen molar-refractivity contribution in [2.24, 2.45) is 0 Å². The number of fused-ring (bicyclic) bond motifs is 20. The molecule has 12 aromatic rings. The Balaban J connectivity index is 1.02. The van der Waals surface area contributed by atoms with Gasteiger partial charge in [0.1, 0.15) is 0 Å². The third-order valence-electron chi connectivity index (χ3n) is 15.1. The molecule has 10 aromatic carbocycles. The van der Waals surface area contributed by atoms with Gasteiger partial charge in [-0.1, -0.05) is 24.3 Å². The number of anilines is 6. The van der Waals surface area contributed by atoms with Gasteiger partial charge in [-0.15, -0.1) is 0 Å². The van der Waals surface area contributed by atoms with Gasteiger partial charge in [-0.05, 0) is 6.07 Å². The zero-order valence-electron chi connectivity index (χ0n) is 35.4. The van der Waals surface area contributed by atoms with E-state index in [0.29, 0.717) is 0 Å². The van der Waals surface area contributed by atoms with E-state index in [9.17, 15) is 0 Å². The van der Waals surface area contributed by atoms with Gasteiger partial charge in [0.25, 0.3) is 0 Å². The molecule has 0 fully saturated rings. The summed E-state index contributed by atoms with van der Waals surface area (Å²) in [5.74, 6) is 0. The van der Waals surface area contributed by atoms with Gasteiger partial charge in [0.15, 0.2) is 0 Å². The van der Waals surface area contributed by atoms with Crippen molar-refractivity contribution in [2.75, 3.05) is 9.80 Å². The summed E-state index contributed by atoms with van der Waals surface area (Å²) in [6, 6.07) is 90.0. The molecule has 15 rings (SSSR count).